The number of hydrogen-bond acceptors (Lipinski definition) is 5. The molecule has 0 aromatic heterocycles. The molecule has 0 radical (unpaired) electrons. The highest BCUT2D eigenvalue weighted by Crippen LogP contribution is 2.39. The smallest absolute Gasteiger partial charge is 0.307 e. The molecule has 34 heavy (non-hydrogen) atoms. The summed E-state index contributed by atoms with van der Waals surface area (Å²) in [6, 6.07) is 14.1. The molecule has 176 valence electrons. The predicted octanol–water partition coefficient (Wildman–Crippen LogP) is 2.37. The molecule has 0 unspecified atom stereocenters. The lowest BCUT2D eigenvalue weighted by molar-refractivity contribution is -0.156. The van der Waals surface area contributed by atoms with Gasteiger partial charge in [0.15, 0.2) is 0 Å². The number of carboxylic acid groups (broad SMARTS) is 1. The van der Waals surface area contributed by atoms with E-state index >= 15 is 0 Å². The molecule has 2 aliphatic heterocycles. The molecule has 8 nitrogen and oxygen atoms in total. The number of aliphatic carboxylic acids is 1. The third-order valence-electron chi connectivity index (χ3n) is 7.51. The van der Waals surface area contributed by atoms with Gasteiger partial charge in [-0.2, -0.15) is 0 Å². The fourth-order valence-corrected chi connectivity index (χ4v) is 5.76. The number of benzene rings is 2. The summed E-state index contributed by atoms with van der Waals surface area (Å²) < 4.78 is 0. The number of imide groups is 1. The Hall–Kier alpha value is -3.52. The van der Waals surface area contributed by atoms with Gasteiger partial charge in [-0.1, -0.05) is 49.2 Å². The van der Waals surface area contributed by atoms with Gasteiger partial charge < -0.3 is 15.7 Å². The lowest BCUT2D eigenvalue weighted by Crippen LogP contribution is -2.65. The van der Waals surface area contributed by atoms with Crippen LogP contribution in [-0.2, 0) is 21.7 Å². The van der Waals surface area contributed by atoms with Crippen molar-refractivity contribution in [1.82, 2.24) is 9.80 Å². The molecule has 1 fully saturated rings. The molecule has 0 spiro atoms. The molecular weight excluding hydrogens is 434 g/mol. The Morgan fingerprint density at radius 2 is 1.53 bits per heavy atom. The molecular formula is C26H27N3O5. The van der Waals surface area contributed by atoms with Gasteiger partial charge in [-0.3, -0.25) is 24.1 Å². The SMILES string of the molecule is N[C@@]1(CN2C(=O)c3ccccc3C2=O)c2ccccc2CCN1C(=O)[C@@H]1CCCC[C@@H]1C(=O)O. The molecule has 2 aromatic carbocycles. The van der Waals surface area contributed by atoms with E-state index in [2.05, 4.69) is 0 Å². The third-order valence-corrected chi connectivity index (χ3v) is 7.51. The number of carbonyl (C=O) groups is 4. The molecule has 5 rings (SSSR count). The summed E-state index contributed by atoms with van der Waals surface area (Å²) in [4.78, 5) is 54.6. The van der Waals surface area contributed by atoms with Crippen molar-refractivity contribution in [2.45, 2.75) is 37.8 Å². The molecule has 3 amide bonds. The van der Waals surface area contributed by atoms with Crippen LogP contribution in [0.1, 0.15) is 57.5 Å². The van der Waals surface area contributed by atoms with Gasteiger partial charge in [0.25, 0.3) is 11.8 Å². The number of nitrogens with zero attached hydrogens (tertiary/aromatic N) is 2. The summed E-state index contributed by atoms with van der Waals surface area (Å²) in [5, 5.41) is 9.74. The number of fused-ring (bicyclic) bond motifs is 2. The van der Waals surface area contributed by atoms with Gasteiger partial charge in [-0.15, -0.1) is 0 Å². The zero-order valence-electron chi connectivity index (χ0n) is 18.8. The summed E-state index contributed by atoms with van der Waals surface area (Å²) in [7, 11) is 0. The van der Waals surface area contributed by atoms with Gasteiger partial charge in [-0.05, 0) is 42.5 Å². The summed E-state index contributed by atoms with van der Waals surface area (Å²) in [6.45, 7) is 0.0882. The fraction of sp³-hybridized carbons (Fsp3) is 0.385. The maximum Gasteiger partial charge on any atom is 0.307 e. The number of amides is 3. The van der Waals surface area contributed by atoms with Gasteiger partial charge in [-0.25, -0.2) is 0 Å². The third kappa shape index (κ3) is 3.40. The Balaban J connectivity index is 1.54. The number of rotatable bonds is 4. The van der Waals surface area contributed by atoms with Crippen LogP contribution in [0.3, 0.4) is 0 Å². The van der Waals surface area contributed by atoms with Crippen LogP contribution in [0.2, 0.25) is 0 Å². The van der Waals surface area contributed by atoms with Crippen LogP contribution in [-0.4, -0.2) is 51.7 Å². The standard InChI is InChI=1S/C26H27N3O5/c27-26(15-28-22(30)17-8-2-3-9-18(17)23(28)31)21-12-6-1-7-16(21)13-14-29(26)24(32)19-10-4-5-11-20(19)25(33)34/h1-3,6-9,12,19-20H,4-5,10-11,13-15,27H2,(H,33,34)/t19-,20+,26-/m1/s1. The number of hydrogen-bond donors (Lipinski definition) is 2. The second-order valence-corrected chi connectivity index (χ2v) is 9.40. The molecule has 8 heteroatoms. The van der Waals surface area contributed by atoms with Crippen molar-refractivity contribution in [1.29, 1.82) is 0 Å². The topological polar surface area (TPSA) is 121 Å². The largest absolute Gasteiger partial charge is 0.481 e. The lowest BCUT2D eigenvalue weighted by Gasteiger charge is -2.48. The summed E-state index contributed by atoms with van der Waals surface area (Å²) in [5.74, 6) is -3.62. The van der Waals surface area contributed by atoms with E-state index in [0.717, 1.165) is 23.3 Å². The zero-order chi connectivity index (χ0) is 24.0. The fourth-order valence-electron chi connectivity index (χ4n) is 5.76. The normalized spacial score (nSPS) is 26.3. The summed E-state index contributed by atoms with van der Waals surface area (Å²) in [5.41, 5.74) is 7.79. The van der Waals surface area contributed by atoms with Crippen molar-refractivity contribution >= 4 is 23.7 Å². The Morgan fingerprint density at radius 3 is 2.18 bits per heavy atom. The molecule has 1 saturated carbocycles. The van der Waals surface area contributed by atoms with E-state index in [1.54, 1.807) is 24.3 Å². The first kappa shape index (κ1) is 22.3. The Labute approximate surface area is 197 Å². The first-order chi connectivity index (χ1) is 16.3. The van der Waals surface area contributed by atoms with Crippen molar-refractivity contribution in [3.63, 3.8) is 0 Å². The van der Waals surface area contributed by atoms with Crippen LogP contribution in [0.5, 0.6) is 0 Å². The van der Waals surface area contributed by atoms with E-state index in [-0.39, 0.29) is 12.5 Å². The average molecular weight is 462 g/mol. The van der Waals surface area contributed by atoms with Gasteiger partial charge >= 0.3 is 5.97 Å². The minimum Gasteiger partial charge on any atom is -0.481 e. The van der Waals surface area contributed by atoms with E-state index in [1.807, 2.05) is 24.3 Å². The second kappa shape index (κ2) is 8.36. The molecule has 0 saturated heterocycles. The average Bonchev–Trinajstić information content (AvgIpc) is 3.09. The predicted molar refractivity (Wildman–Crippen MR) is 123 cm³/mol. The quantitative estimate of drug-likeness (QED) is 0.675. The van der Waals surface area contributed by atoms with Crippen LogP contribution in [0, 0.1) is 11.8 Å². The van der Waals surface area contributed by atoms with E-state index in [9.17, 15) is 24.3 Å². The van der Waals surface area contributed by atoms with Crippen molar-refractivity contribution in [3.05, 3.63) is 70.8 Å². The van der Waals surface area contributed by atoms with Gasteiger partial charge in [0.2, 0.25) is 5.91 Å². The van der Waals surface area contributed by atoms with Gasteiger partial charge in [0, 0.05) is 6.54 Å². The lowest BCUT2D eigenvalue weighted by atomic mass is 9.77. The Morgan fingerprint density at radius 1 is 0.941 bits per heavy atom. The maximum atomic E-state index is 13.8. The van der Waals surface area contributed by atoms with Gasteiger partial charge in [0.05, 0.1) is 29.5 Å². The Bertz CT molecular complexity index is 1160. The van der Waals surface area contributed by atoms with Crippen molar-refractivity contribution < 1.29 is 24.3 Å². The first-order valence-corrected chi connectivity index (χ1v) is 11.7. The molecule has 0 bridgehead atoms. The molecule has 1 aliphatic carbocycles. The van der Waals surface area contributed by atoms with E-state index in [4.69, 9.17) is 5.73 Å². The van der Waals surface area contributed by atoms with Crippen LogP contribution >= 0.6 is 0 Å². The number of carboxylic acids is 1. The van der Waals surface area contributed by atoms with E-state index < -0.39 is 35.3 Å². The first-order valence-electron chi connectivity index (χ1n) is 11.7. The highest BCUT2D eigenvalue weighted by molar-refractivity contribution is 6.21. The molecule has 3 aliphatic rings. The second-order valence-electron chi connectivity index (χ2n) is 9.40. The Kier molecular flexibility index (Phi) is 5.48. The highest BCUT2D eigenvalue weighted by atomic mass is 16.4. The minimum atomic E-state index is -1.46. The highest BCUT2D eigenvalue weighted by Gasteiger charge is 2.50. The van der Waals surface area contributed by atoms with Crippen LogP contribution < -0.4 is 5.73 Å². The maximum absolute atomic E-state index is 13.8. The number of carbonyl (C=O) groups excluding carboxylic acids is 3. The van der Waals surface area contributed by atoms with E-state index in [0.29, 0.717) is 42.5 Å². The molecule has 3 atom stereocenters. The van der Waals surface area contributed by atoms with Crippen LogP contribution in [0.25, 0.3) is 0 Å². The van der Waals surface area contributed by atoms with Crippen molar-refractivity contribution in [2.24, 2.45) is 17.6 Å². The summed E-state index contributed by atoms with van der Waals surface area (Å²) in [6.07, 6.45) is 3.05. The van der Waals surface area contributed by atoms with Gasteiger partial charge in [0.1, 0.15) is 5.66 Å². The van der Waals surface area contributed by atoms with Crippen molar-refractivity contribution in [2.75, 3.05) is 13.1 Å². The molecule has 3 N–H and O–H groups in total. The van der Waals surface area contributed by atoms with Crippen molar-refractivity contribution in [3.8, 4) is 0 Å². The summed E-state index contributed by atoms with van der Waals surface area (Å²) >= 11 is 0. The van der Waals surface area contributed by atoms with Crippen LogP contribution in [0.15, 0.2) is 48.5 Å². The van der Waals surface area contributed by atoms with Crippen LogP contribution in [0.4, 0.5) is 0 Å². The molecule has 2 aromatic rings. The molecule has 2 heterocycles. The minimum absolute atomic E-state index is 0.202. The monoisotopic (exact) mass is 461 g/mol. The number of nitrogens with two attached hydrogens (primary N) is 1. The zero-order valence-corrected chi connectivity index (χ0v) is 18.8. The van der Waals surface area contributed by atoms with E-state index in [1.165, 1.54) is 4.90 Å².